The number of hydrogen-bond donors (Lipinski definition) is 0. The summed E-state index contributed by atoms with van der Waals surface area (Å²) in [6.45, 7) is 1.91. The van der Waals surface area contributed by atoms with Crippen LogP contribution >= 0.6 is 31.9 Å². The Balaban J connectivity index is 1.78. The van der Waals surface area contributed by atoms with Gasteiger partial charge in [-0.15, -0.1) is 0 Å². The summed E-state index contributed by atoms with van der Waals surface area (Å²) >= 11 is 6.83. The summed E-state index contributed by atoms with van der Waals surface area (Å²) in [7, 11) is 0. The van der Waals surface area contributed by atoms with Gasteiger partial charge in [0, 0.05) is 41.0 Å². The molecular formula is C14H14Br2N2O2. The van der Waals surface area contributed by atoms with Crippen molar-refractivity contribution >= 4 is 43.7 Å². The first kappa shape index (κ1) is 14.1. The molecule has 2 aliphatic rings. The molecule has 0 spiro atoms. The molecule has 1 atom stereocenters. The summed E-state index contributed by atoms with van der Waals surface area (Å²) < 4.78 is 1.69. The fraction of sp³-hybridized carbons (Fsp3) is 0.429. The zero-order valence-corrected chi connectivity index (χ0v) is 14.0. The fourth-order valence-electron chi connectivity index (χ4n) is 2.88. The highest BCUT2D eigenvalue weighted by Crippen LogP contribution is 2.27. The highest BCUT2D eigenvalue weighted by molar-refractivity contribution is 9.11. The van der Waals surface area contributed by atoms with Gasteiger partial charge >= 0.3 is 0 Å². The van der Waals surface area contributed by atoms with Crippen molar-refractivity contribution in [2.24, 2.45) is 0 Å². The number of halogens is 2. The molecule has 0 saturated carbocycles. The molecule has 4 nitrogen and oxygen atoms in total. The van der Waals surface area contributed by atoms with Crippen LogP contribution in [-0.2, 0) is 4.79 Å². The number of nitrogens with zero attached hydrogens (tertiary/aromatic N) is 2. The van der Waals surface area contributed by atoms with Crippen LogP contribution in [0, 0.1) is 0 Å². The molecule has 2 heterocycles. The van der Waals surface area contributed by atoms with Crippen LogP contribution in [-0.4, -0.2) is 47.3 Å². The maximum Gasteiger partial charge on any atom is 0.255 e. The van der Waals surface area contributed by atoms with Gasteiger partial charge in [-0.1, -0.05) is 15.9 Å². The lowest BCUT2D eigenvalue weighted by Gasteiger charge is -2.37. The Bertz CT molecular complexity index is 576. The molecule has 0 aromatic heterocycles. The van der Waals surface area contributed by atoms with Crippen LogP contribution in [0.2, 0.25) is 0 Å². The third kappa shape index (κ3) is 2.51. The zero-order valence-electron chi connectivity index (χ0n) is 10.8. The van der Waals surface area contributed by atoms with Crippen LogP contribution in [0.1, 0.15) is 23.2 Å². The second kappa shape index (κ2) is 5.48. The number of amides is 2. The lowest BCUT2D eigenvalue weighted by Crippen LogP contribution is -2.53. The number of piperazine rings is 1. The molecule has 1 aromatic rings. The van der Waals surface area contributed by atoms with Crippen LogP contribution in [0.5, 0.6) is 0 Å². The van der Waals surface area contributed by atoms with Crippen LogP contribution in [0.25, 0.3) is 0 Å². The molecule has 6 heteroatoms. The SMILES string of the molecule is O=C(c1cc(Br)ccc1Br)N1CCN2C(=O)CCC2C1. The highest BCUT2D eigenvalue weighted by Gasteiger charge is 2.37. The third-order valence-corrected chi connectivity index (χ3v) is 5.13. The Morgan fingerprint density at radius 1 is 1.25 bits per heavy atom. The second-order valence-electron chi connectivity index (χ2n) is 5.15. The Morgan fingerprint density at radius 2 is 2.05 bits per heavy atom. The van der Waals surface area contributed by atoms with Gasteiger partial charge < -0.3 is 9.80 Å². The van der Waals surface area contributed by atoms with Crippen LogP contribution in [0.3, 0.4) is 0 Å². The Morgan fingerprint density at radius 3 is 2.85 bits per heavy atom. The average molecular weight is 402 g/mol. The molecule has 0 bridgehead atoms. The molecule has 1 aromatic carbocycles. The molecule has 2 amide bonds. The van der Waals surface area contributed by atoms with Gasteiger partial charge in [0.05, 0.1) is 5.56 Å². The van der Waals surface area contributed by atoms with Gasteiger partial charge in [-0.05, 0) is 40.5 Å². The number of carbonyl (C=O) groups is 2. The summed E-state index contributed by atoms with van der Waals surface area (Å²) in [6.07, 6.45) is 1.48. The van der Waals surface area contributed by atoms with Crippen molar-refractivity contribution in [2.45, 2.75) is 18.9 Å². The summed E-state index contributed by atoms with van der Waals surface area (Å²) in [5, 5.41) is 0. The van der Waals surface area contributed by atoms with E-state index in [1.807, 2.05) is 28.0 Å². The van der Waals surface area contributed by atoms with Crippen molar-refractivity contribution in [2.75, 3.05) is 19.6 Å². The molecule has 0 radical (unpaired) electrons. The van der Waals surface area contributed by atoms with Gasteiger partial charge in [0.25, 0.3) is 5.91 Å². The maximum absolute atomic E-state index is 12.6. The van der Waals surface area contributed by atoms with E-state index >= 15 is 0 Å². The molecule has 0 N–H and O–H groups in total. The van der Waals surface area contributed by atoms with Crippen molar-refractivity contribution < 1.29 is 9.59 Å². The molecule has 2 fully saturated rings. The van der Waals surface area contributed by atoms with Gasteiger partial charge in [0.15, 0.2) is 0 Å². The Labute approximate surface area is 134 Å². The van der Waals surface area contributed by atoms with Crippen molar-refractivity contribution in [3.05, 3.63) is 32.7 Å². The third-order valence-electron chi connectivity index (χ3n) is 3.94. The molecular weight excluding hydrogens is 388 g/mol. The van der Waals surface area contributed by atoms with Gasteiger partial charge in [-0.3, -0.25) is 9.59 Å². The van der Waals surface area contributed by atoms with E-state index < -0.39 is 0 Å². The number of hydrogen-bond acceptors (Lipinski definition) is 2. The second-order valence-corrected chi connectivity index (χ2v) is 6.92. The molecule has 0 aliphatic carbocycles. The number of fused-ring (bicyclic) bond motifs is 1. The van der Waals surface area contributed by atoms with Crippen molar-refractivity contribution in [1.82, 2.24) is 9.80 Å². The number of benzene rings is 1. The van der Waals surface area contributed by atoms with E-state index in [9.17, 15) is 9.59 Å². The first-order chi connectivity index (χ1) is 9.56. The van der Waals surface area contributed by atoms with Crippen LogP contribution in [0.4, 0.5) is 0 Å². The van der Waals surface area contributed by atoms with E-state index in [1.54, 1.807) is 0 Å². The number of carbonyl (C=O) groups excluding carboxylic acids is 2. The summed E-state index contributed by atoms with van der Waals surface area (Å²) in [4.78, 5) is 28.0. The monoisotopic (exact) mass is 400 g/mol. The van der Waals surface area contributed by atoms with Gasteiger partial charge in [0.2, 0.25) is 5.91 Å². The largest absolute Gasteiger partial charge is 0.336 e. The van der Waals surface area contributed by atoms with Gasteiger partial charge in [0.1, 0.15) is 0 Å². The van der Waals surface area contributed by atoms with E-state index in [2.05, 4.69) is 31.9 Å². The molecule has 2 saturated heterocycles. The van der Waals surface area contributed by atoms with E-state index in [0.29, 0.717) is 31.6 Å². The summed E-state index contributed by atoms with van der Waals surface area (Å²) in [6, 6.07) is 5.80. The van der Waals surface area contributed by atoms with E-state index in [1.165, 1.54) is 0 Å². The average Bonchev–Trinajstić information content (AvgIpc) is 2.82. The number of rotatable bonds is 1. The minimum absolute atomic E-state index is 0.0252. The van der Waals surface area contributed by atoms with Crippen LogP contribution in [0.15, 0.2) is 27.1 Å². The zero-order chi connectivity index (χ0) is 14.3. The first-order valence-electron chi connectivity index (χ1n) is 6.60. The predicted molar refractivity (Wildman–Crippen MR) is 82.5 cm³/mol. The molecule has 3 rings (SSSR count). The lowest BCUT2D eigenvalue weighted by molar-refractivity contribution is -0.130. The minimum atomic E-state index is 0.0252. The quantitative estimate of drug-likeness (QED) is 0.725. The predicted octanol–water partition coefficient (Wildman–Crippen LogP) is 2.66. The highest BCUT2D eigenvalue weighted by atomic mass is 79.9. The molecule has 1 unspecified atom stereocenters. The van der Waals surface area contributed by atoms with E-state index in [4.69, 9.17) is 0 Å². The molecule has 2 aliphatic heterocycles. The summed E-state index contributed by atoms with van der Waals surface area (Å²) in [5.41, 5.74) is 0.664. The fourth-order valence-corrected chi connectivity index (χ4v) is 3.66. The van der Waals surface area contributed by atoms with Crippen LogP contribution < -0.4 is 0 Å². The van der Waals surface area contributed by atoms with Gasteiger partial charge in [-0.2, -0.15) is 0 Å². The molecule has 20 heavy (non-hydrogen) atoms. The standard InChI is InChI=1S/C14H14Br2N2O2/c15-9-1-3-12(16)11(7-9)14(20)17-5-6-18-10(8-17)2-4-13(18)19/h1,3,7,10H,2,4-6,8H2. The van der Waals surface area contributed by atoms with Crippen molar-refractivity contribution in [3.8, 4) is 0 Å². The Hall–Kier alpha value is -0.880. The topological polar surface area (TPSA) is 40.6 Å². The lowest BCUT2D eigenvalue weighted by atomic mass is 10.1. The first-order valence-corrected chi connectivity index (χ1v) is 8.18. The maximum atomic E-state index is 12.6. The molecule has 106 valence electrons. The van der Waals surface area contributed by atoms with Gasteiger partial charge in [-0.25, -0.2) is 0 Å². The normalized spacial score (nSPS) is 22.1. The smallest absolute Gasteiger partial charge is 0.255 e. The van der Waals surface area contributed by atoms with Crippen molar-refractivity contribution in [1.29, 1.82) is 0 Å². The Kier molecular flexibility index (Phi) is 3.86. The van der Waals surface area contributed by atoms with Crippen molar-refractivity contribution in [3.63, 3.8) is 0 Å². The van der Waals surface area contributed by atoms with E-state index in [0.717, 1.165) is 15.4 Å². The summed E-state index contributed by atoms with van der Waals surface area (Å²) in [5.74, 6) is 0.253. The minimum Gasteiger partial charge on any atom is -0.336 e. The van der Waals surface area contributed by atoms with E-state index in [-0.39, 0.29) is 17.9 Å².